The summed E-state index contributed by atoms with van der Waals surface area (Å²) < 4.78 is 0. The topological polar surface area (TPSA) is 62.3 Å². The van der Waals surface area contributed by atoms with Crippen molar-refractivity contribution in [1.29, 1.82) is 0 Å². The summed E-state index contributed by atoms with van der Waals surface area (Å²) in [4.78, 5) is 30.6. The zero-order chi connectivity index (χ0) is 17.2. The van der Waals surface area contributed by atoms with Gasteiger partial charge in [0.15, 0.2) is 0 Å². The molecule has 1 aromatic heterocycles. The average Bonchev–Trinajstić information content (AvgIpc) is 2.95. The Bertz CT molecular complexity index is 577. The minimum Gasteiger partial charge on any atom is -0.345 e. The van der Waals surface area contributed by atoms with Crippen LogP contribution in [0.1, 0.15) is 70.6 Å². The molecule has 0 saturated carbocycles. The van der Waals surface area contributed by atoms with Gasteiger partial charge in [-0.25, -0.2) is 4.98 Å². The second-order valence-electron chi connectivity index (χ2n) is 7.29. The fraction of sp³-hybridized carbons (Fsp3) is 0.706. The third-order valence-corrected chi connectivity index (χ3v) is 5.10. The summed E-state index contributed by atoms with van der Waals surface area (Å²) in [6.07, 6.45) is 3.05. The summed E-state index contributed by atoms with van der Waals surface area (Å²) in [5.74, 6) is -0.193. The van der Waals surface area contributed by atoms with Gasteiger partial charge in [0, 0.05) is 24.3 Å². The predicted octanol–water partition coefficient (Wildman–Crippen LogP) is 3.02. The van der Waals surface area contributed by atoms with E-state index in [2.05, 4.69) is 31.5 Å². The van der Waals surface area contributed by atoms with Crippen LogP contribution in [0.3, 0.4) is 0 Å². The number of carbonyl (C=O) groups is 2. The molecular weight excluding hydrogens is 310 g/mol. The van der Waals surface area contributed by atoms with Crippen molar-refractivity contribution in [2.24, 2.45) is 0 Å². The monoisotopic (exact) mass is 337 g/mol. The number of rotatable bonds is 3. The van der Waals surface area contributed by atoms with E-state index in [9.17, 15) is 9.59 Å². The van der Waals surface area contributed by atoms with Crippen molar-refractivity contribution in [1.82, 2.24) is 15.2 Å². The molecule has 1 aromatic rings. The molecule has 0 unspecified atom stereocenters. The Morgan fingerprint density at radius 1 is 1.39 bits per heavy atom. The van der Waals surface area contributed by atoms with Crippen molar-refractivity contribution in [3.63, 3.8) is 0 Å². The van der Waals surface area contributed by atoms with Gasteiger partial charge in [-0.15, -0.1) is 11.3 Å². The van der Waals surface area contributed by atoms with Crippen LogP contribution >= 0.6 is 11.3 Å². The van der Waals surface area contributed by atoms with E-state index in [1.165, 1.54) is 6.92 Å². The summed E-state index contributed by atoms with van der Waals surface area (Å²) in [6, 6.07) is -0.455. The number of nitrogens with zero attached hydrogens (tertiary/aromatic N) is 2. The van der Waals surface area contributed by atoms with E-state index in [1.807, 2.05) is 4.90 Å². The predicted molar refractivity (Wildman–Crippen MR) is 92.4 cm³/mol. The van der Waals surface area contributed by atoms with Gasteiger partial charge in [-0.1, -0.05) is 20.8 Å². The first kappa shape index (κ1) is 17.9. The van der Waals surface area contributed by atoms with Crippen LogP contribution in [0.2, 0.25) is 0 Å². The van der Waals surface area contributed by atoms with Gasteiger partial charge in [-0.05, 0) is 26.2 Å². The molecule has 2 heterocycles. The van der Waals surface area contributed by atoms with Crippen molar-refractivity contribution in [2.45, 2.75) is 71.4 Å². The van der Waals surface area contributed by atoms with E-state index >= 15 is 0 Å². The Hall–Kier alpha value is -1.43. The smallest absolute Gasteiger partial charge is 0.245 e. The van der Waals surface area contributed by atoms with Gasteiger partial charge in [0.2, 0.25) is 11.8 Å². The Morgan fingerprint density at radius 3 is 2.65 bits per heavy atom. The second kappa shape index (κ2) is 6.99. The summed E-state index contributed by atoms with van der Waals surface area (Å²) in [5.41, 5.74) is 1.09. The molecule has 1 N–H and O–H groups in total. The third-order valence-electron chi connectivity index (χ3n) is 4.15. The Labute approximate surface area is 142 Å². The molecule has 6 heteroatoms. The highest BCUT2D eigenvalue weighted by atomic mass is 32.1. The lowest BCUT2D eigenvalue weighted by atomic mass is 9.93. The first-order valence-electron chi connectivity index (χ1n) is 8.23. The number of aromatic nitrogens is 1. The van der Waals surface area contributed by atoms with Crippen LogP contribution in [-0.4, -0.2) is 34.3 Å². The number of amides is 2. The number of carbonyl (C=O) groups excluding carboxylic acids is 2. The molecular formula is C17H27N3O2S. The molecule has 128 valence electrons. The van der Waals surface area contributed by atoms with Crippen molar-refractivity contribution in [3.8, 4) is 0 Å². The molecule has 2 rings (SSSR count). The lowest BCUT2D eigenvalue weighted by Crippen LogP contribution is -2.49. The van der Waals surface area contributed by atoms with Crippen LogP contribution in [0.25, 0.3) is 0 Å². The van der Waals surface area contributed by atoms with Crippen molar-refractivity contribution >= 4 is 23.2 Å². The zero-order valence-corrected chi connectivity index (χ0v) is 15.5. The lowest BCUT2D eigenvalue weighted by molar-refractivity contribution is -0.139. The normalized spacial score (nSPS) is 20.2. The zero-order valence-electron chi connectivity index (χ0n) is 14.7. The maximum absolute atomic E-state index is 12.7. The van der Waals surface area contributed by atoms with E-state index in [-0.39, 0.29) is 23.3 Å². The van der Waals surface area contributed by atoms with Gasteiger partial charge in [-0.3, -0.25) is 9.59 Å². The summed E-state index contributed by atoms with van der Waals surface area (Å²) >= 11 is 1.64. The van der Waals surface area contributed by atoms with Crippen LogP contribution in [0.4, 0.5) is 0 Å². The Balaban J connectivity index is 2.20. The van der Waals surface area contributed by atoms with Crippen LogP contribution < -0.4 is 5.32 Å². The fourth-order valence-electron chi connectivity index (χ4n) is 2.85. The van der Waals surface area contributed by atoms with Crippen molar-refractivity contribution in [3.05, 3.63) is 16.1 Å². The number of thiazole rings is 1. The molecule has 2 amide bonds. The van der Waals surface area contributed by atoms with Crippen LogP contribution in [0, 0.1) is 0 Å². The number of hydrogen-bond donors (Lipinski definition) is 1. The molecule has 1 aliphatic rings. The van der Waals surface area contributed by atoms with Gasteiger partial charge in [0.05, 0.1) is 11.7 Å². The van der Waals surface area contributed by atoms with Crippen molar-refractivity contribution in [2.75, 3.05) is 6.54 Å². The second-order valence-corrected chi connectivity index (χ2v) is 8.18. The summed E-state index contributed by atoms with van der Waals surface area (Å²) in [7, 11) is 0. The maximum Gasteiger partial charge on any atom is 0.245 e. The van der Waals surface area contributed by atoms with Crippen LogP contribution in [-0.2, 0) is 15.0 Å². The Morgan fingerprint density at radius 2 is 2.09 bits per heavy atom. The molecule has 2 atom stereocenters. The minimum absolute atomic E-state index is 0.0156. The molecule has 1 saturated heterocycles. The van der Waals surface area contributed by atoms with E-state index < -0.39 is 6.04 Å². The quantitative estimate of drug-likeness (QED) is 0.922. The van der Waals surface area contributed by atoms with Crippen molar-refractivity contribution < 1.29 is 9.59 Å². The Kier molecular flexibility index (Phi) is 5.45. The van der Waals surface area contributed by atoms with E-state index in [0.29, 0.717) is 0 Å². The fourth-order valence-corrected chi connectivity index (χ4v) is 4.04. The number of piperidine rings is 1. The molecule has 0 bridgehead atoms. The molecule has 1 fully saturated rings. The maximum atomic E-state index is 12.7. The molecule has 0 spiro atoms. The van der Waals surface area contributed by atoms with Gasteiger partial charge >= 0.3 is 0 Å². The molecule has 0 aliphatic carbocycles. The van der Waals surface area contributed by atoms with Gasteiger partial charge in [0.25, 0.3) is 0 Å². The number of hydrogen-bond acceptors (Lipinski definition) is 4. The van der Waals surface area contributed by atoms with Gasteiger partial charge in [0.1, 0.15) is 11.0 Å². The molecule has 1 aliphatic heterocycles. The van der Waals surface area contributed by atoms with Crippen LogP contribution in [0.5, 0.6) is 0 Å². The van der Waals surface area contributed by atoms with E-state index in [4.69, 9.17) is 4.98 Å². The highest BCUT2D eigenvalue weighted by Crippen LogP contribution is 2.35. The molecule has 23 heavy (non-hydrogen) atoms. The average molecular weight is 337 g/mol. The number of nitrogens with one attached hydrogen (secondary N) is 1. The SMILES string of the molecule is CC(=O)N[C@H](C)C(=O)N1CCCC[C@@H]1c1nc(C(C)(C)C)cs1. The van der Waals surface area contributed by atoms with E-state index in [0.717, 1.165) is 36.5 Å². The van der Waals surface area contributed by atoms with Gasteiger partial charge in [-0.2, -0.15) is 0 Å². The summed E-state index contributed by atoms with van der Waals surface area (Å²) in [6.45, 7) is 10.4. The first-order valence-corrected chi connectivity index (χ1v) is 9.11. The molecule has 0 radical (unpaired) electrons. The molecule has 5 nitrogen and oxygen atoms in total. The first-order chi connectivity index (χ1) is 10.7. The highest BCUT2D eigenvalue weighted by Gasteiger charge is 2.33. The standard InChI is InChI=1S/C17H27N3O2S/c1-11(18-12(2)21)16(22)20-9-7-6-8-13(20)15-19-14(10-23-15)17(3,4)5/h10-11,13H,6-9H2,1-5H3,(H,18,21)/t11-,13-/m1/s1. The highest BCUT2D eigenvalue weighted by molar-refractivity contribution is 7.09. The van der Waals surface area contributed by atoms with E-state index in [1.54, 1.807) is 18.3 Å². The summed E-state index contributed by atoms with van der Waals surface area (Å²) in [5, 5.41) is 5.81. The lowest BCUT2D eigenvalue weighted by Gasteiger charge is -2.36. The van der Waals surface area contributed by atoms with Gasteiger partial charge < -0.3 is 10.2 Å². The molecule has 0 aromatic carbocycles. The van der Waals surface area contributed by atoms with Crippen LogP contribution in [0.15, 0.2) is 5.38 Å². The third kappa shape index (κ3) is 4.31. The largest absolute Gasteiger partial charge is 0.345 e. The number of likely N-dealkylation sites (tertiary alicyclic amines) is 1. The minimum atomic E-state index is -0.491.